The number of nitrogens with one attached hydrogen (secondary N) is 1. The highest BCUT2D eigenvalue weighted by molar-refractivity contribution is 7.86. The van der Waals surface area contributed by atoms with Crippen molar-refractivity contribution < 1.29 is 22.5 Å². The van der Waals surface area contributed by atoms with Gasteiger partial charge in [-0.1, -0.05) is 50.2 Å². The molecule has 0 aliphatic carbocycles. The molecule has 29 heavy (non-hydrogen) atoms. The number of hydrogen-bond donors (Lipinski definition) is 2. The van der Waals surface area contributed by atoms with Crippen LogP contribution in [-0.2, 0) is 14.9 Å². The molecule has 0 aliphatic heterocycles. The van der Waals surface area contributed by atoms with Crippen molar-refractivity contribution in [2.75, 3.05) is 11.9 Å². The zero-order valence-electron chi connectivity index (χ0n) is 16.3. The lowest BCUT2D eigenvalue weighted by atomic mass is 9.99. The molecule has 3 aromatic carbocycles. The summed E-state index contributed by atoms with van der Waals surface area (Å²) in [5.74, 6) is 0.445. The van der Waals surface area contributed by atoms with Gasteiger partial charge < -0.3 is 10.1 Å². The van der Waals surface area contributed by atoms with Crippen molar-refractivity contribution in [1.29, 1.82) is 0 Å². The topological polar surface area (TPSA) is 92.7 Å². The Morgan fingerprint density at radius 3 is 2.31 bits per heavy atom. The van der Waals surface area contributed by atoms with Crippen LogP contribution in [0.2, 0.25) is 0 Å². The Labute approximate surface area is 170 Å². The summed E-state index contributed by atoms with van der Waals surface area (Å²) < 4.78 is 37.9. The van der Waals surface area contributed by atoms with Gasteiger partial charge in [-0.2, -0.15) is 8.42 Å². The molecule has 0 aromatic heterocycles. The van der Waals surface area contributed by atoms with Crippen LogP contribution in [0, 0.1) is 0 Å². The van der Waals surface area contributed by atoms with Gasteiger partial charge in [0.2, 0.25) is 0 Å². The molecular weight excluding hydrogens is 390 g/mol. The average Bonchev–Trinajstić information content (AvgIpc) is 2.71. The van der Waals surface area contributed by atoms with Crippen LogP contribution in [0.3, 0.4) is 0 Å². The summed E-state index contributed by atoms with van der Waals surface area (Å²) in [6, 6.07) is 17.0. The van der Waals surface area contributed by atoms with Gasteiger partial charge in [0.15, 0.2) is 0 Å². The van der Waals surface area contributed by atoms with Gasteiger partial charge >= 0.3 is 5.97 Å². The van der Waals surface area contributed by atoms with E-state index >= 15 is 0 Å². The minimum absolute atomic E-state index is 0.0949. The third-order valence-electron chi connectivity index (χ3n) is 4.88. The number of carbonyl (C=O) groups excluding carboxylic acids is 1. The normalized spacial score (nSPS) is 12.5. The van der Waals surface area contributed by atoms with Crippen LogP contribution in [0.4, 0.5) is 5.69 Å². The molecule has 7 heteroatoms. The molecule has 1 atom stereocenters. The summed E-state index contributed by atoms with van der Waals surface area (Å²) in [6.45, 7) is 4.17. The van der Waals surface area contributed by atoms with Crippen LogP contribution in [0.15, 0.2) is 65.6 Å². The molecule has 3 aromatic rings. The van der Waals surface area contributed by atoms with Gasteiger partial charge in [0.25, 0.3) is 10.1 Å². The van der Waals surface area contributed by atoms with Crippen molar-refractivity contribution in [2.24, 2.45) is 0 Å². The molecule has 6 nitrogen and oxygen atoms in total. The van der Waals surface area contributed by atoms with Crippen LogP contribution >= 0.6 is 0 Å². The maximum atomic E-state index is 12.2. The fourth-order valence-corrected chi connectivity index (χ4v) is 3.78. The third kappa shape index (κ3) is 4.93. The van der Waals surface area contributed by atoms with E-state index in [2.05, 4.69) is 19.2 Å². The second-order valence-electron chi connectivity index (χ2n) is 6.84. The van der Waals surface area contributed by atoms with E-state index in [1.807, 2.05) is 12.1 Å². The standard InChI is InChI=1S/C22H23NO5S/c1-3-15(2)16-8-10-17(11-9-16)28-22(24)14-23-20-12-13-21(29(25,26)27)19-7-5-4-6-18(19)20/h4-13,15,23H,3,14H2,1-2H3,(H,25,26,27). The molecule has 152 valence electrons. The van der Waals surface area contributed by atoms with Crippen molar-refractivity contribution >= 4 is 32.5 Å². The number of carbonyl (C=O) groups is 1. The Kier molecular flexibility index (Phi) is 6.20. The van der Waals surface area contributed by atoms with E-state index in [0.29, 0.717) is 28.1 Å². The quantitative estimate of drug-likeness (QED) is 0.334. The lowest BCUT2D eigenvalue weighted by Crippen LogP contribution is -2.19. The van der Waals surface area contributed by atoms with Crippen LogP contribution < -0.4 is 10.1 Å². The van der Waals surface area contributed by atoms with Crippen molar-refractivity contribution in [3.05, 3.63) is 66.2 Å². The summed E-state index contributed by atoms with van der Waals surface area (Å²) in [6.07, 6.45) is 1.04. The first kappa shape index (κ1) is 20.8. The molecular formula is C22H23NO5S. The molecule has 0 spiro atoms. The summed E-state index contributed by atoms with van der Waals surface area (Å²) in [5, 5.41) is 3.92. The summed E-state index contributed by atoms with van der Waals surface area (Å²) in [5.41, 5.74) is 1.76. The molecule has 2 N–H and O–H groups in total. The first-order valence-electron chi connectivity index (χ1n) is 9.33. The summed E-state index contributed by atoms with van der Waals surface area (Å²) in [7, 11) is -4.35. The van der Waals surface area contributed by atoms with E-state index in [1.165, 1.54) is 17.7 Å². The molecule has 0 amide bonds. The Balaban J connectivity index is 1.71. The van der Waals surface area contributed by atoms with Crippen molar-refractivity contribution in [2.45, 2.75) is 31.1 Å². The predicted octanol–water partition coefficient (Wildman–Crippen LogP) is 4.62. The van der Waals surface area contributed by atoms with Crippen molar-refractivity contribution in [3.63, 3.8) is 0 Å². The number of fused-ring (bicyclic) bond motifs is 1. The minimum Gasteiger partial charge on any atom is -0.425 e. The Hall–Kier alpha value is -2.90. The fourth-order valence-electron chi connectivity index (χ4n) is 3.09. The Morgan fingerprint density at radius 1 is 1.03 bits per heavy atom. The summed E-state index contributed by atoms with van der Waals surface area (Å²) >= 11 is 0. The molecule has 0 fully saturated rings. The van der Waals surface area contributed by atoms with Gasteiger partial charge in [-0.05, 0) is 42.2 Å². The fraction of sp³-hybridized carbons (Fsp3) is 0.227. The lowest BCUT2D eigenvalue weighted by molar-refractivity contribution is -0.132. The highest BCUT2D eigenvalue weighted by Gasteiger charge is 2.16. The van der Waals surface area contributed by atoms with Gasteiger partial charge in [-0.15, -0.1) is 0 Å². The van der Waals surface area contributed by atoms with E-state index < -0.39 is 16.1 Å². The molecule has 0 bridgehead atoms. The van der Waals surface area contributed by atoms with Gasteiger partial charge in [0.05, 0.1) is 0 Å². The molecule has 0 heterocycles. The monoisotopic (exact) mass is 413 g/mol. The maximum Gasteiger partial charge on any atom is 0.330 e. The number of esters is 1. The van der Waals surface area contributed by atoms with E-state index in [9.17, 15) is 17.8 Å². The maximum absolute atomic E-state index is 12.2. The van der Waals surface area contributed by atoms with Gasteiger partial charge in [-0.25, -0.2) is 4.79 Å². The largest absolute Gasteiger partial charge is 0.425 e. The molecule has 0 aliphatic rings. The van der Waals surface area contributed by atoms with Gasteiger partial charge in [0, 0.05) is 16.5 Å². The second-order valence-corrected chi connectivity index (χ2v) is 8.23. The van der Waals surface area contributed by atoms with E-state index in [1.54, 1.807) is 36.4 Å². The van der Waals surface area contributed by atoms with E-state index in [-0.39, 0.29) is 11.4 Å². The lowest BCUT2D eigenvalue weighted by Gasteiger charge is -2.12. The first-order valence-corrected chi connectivity index (χ1v) is 10.8. The number of ether oxygens (including phenoxy) is 1. The average molecular weight is 413 g/mol. The first-order chi connectivity index (χ1) is 13.8. The highest BCUT2D eigenvalue weighted by atomic mass is 32.2. The van der Waals surface area contributed by atoms with Crippen LogP contribution in [0.5, 0.6) is 5.75 Å². The Bertz CT molecular complexity index is 1120. The number of rotatable bonds is 7. The highest BCUT2D eigenvalue weighted by Crippen LogP contribution is 2.29. The zero-order chi connectivity index (χ0) is 21.0. The molecule has 1 unspecified atom stereocenters. The molecule has 0 saturated carbocycles. The van der Waals surface area contributed by atoms with Crippen LogP contribution in [-0.4, -0.2) is 25.5 Å². The predicted molar refractivity (Wildman–Crippen MR) is 113 cm³/mol. The third-order valence-corrected chi connectivity index (χ3v) is 5.79. The molecule has 0 radical (unpaired) electrons. The molecule has 0 saturated heterocycles. The summed E-state index contributed by atoms with van der Waals surface area (Å²) in [4.78, 5) is 12.0. The molecule has 3 rings (SSSR count). The number of benzene rings is 3. The zero-order valence-corrected chi connectivity index (χ0v) is 17.1. The van der Waals surface area contributed by atoms with Gasteiger partial charge in [-0.3, -0.25) is 4.55 Å². The smallest absolute Gasteiger partial charge is 0.330 e. The second kappa shape index (κ2) is 8.63. The van der Waals surface area contributed by atoms with E-state index in [0.717, 1.165) is 6.42 Å². The van der Waals surface area contributed by atoms with E-state index in [4.69, 9.17) is 4.74 Å². The van der Waals surface area contributed by atoms with Crippen LogP contribution in [0.1, 0.15) is 31.7 Å². The van der Waals surface area contributed by atoms with Crippen molar-refractivity contribution in [3.8, 4) is 5.75 Å². The van der Waals surface area contributed by atoms with Crippen molar-refractivity contribution in [1.82, 2.24) is 0 Å². The number of hydrogen-bond acceptors (Lipinski definition) is 5. The van der Waals surface area contributed by atoms with Gasteiger partial charge in [0.1, 0.15) is 17.2 Å². The minimum atomic E-state index is -4.35. The number of anilines is 1. The van der Waals surface area contributed by atoms with Crippen LogP contribution in [0.25, 0.3) is 10.8 Å². The SMILES string of the molecule is CCC(C)c1ccc(OC(=O)CNc2ccc(S(=O)(=O)O)c3ccccc23)cc1. The Morgan fingerprint density at radius 2 is 1.69 bits per heavy atom.